The summed E-state index contributed by atoms with van der Waals surface area (Å²) in [4.78, 5) is 0. The first-order chi connectivity index (χ1) is 7.88. The van der Waals surface area contributed by atoms with Crippen LogP contribution >= 0.6 is 11.5 Å². The molecule has 1 heterocycles. The molecular weight excluding hydrogens is 222 g/mol. The molecule has 16 heavy (non-hydrogen) atoms. The average molecular weight is 243 g/mol. The van der Waals surface area contributed by atoms with Crippen molar-refractivity contribution >= 4 is 16.5 Å². The molecule has 0 amide bonds. The van der Waals surface area contributed by atoms with Crippen molar-refractivity contribution in [3.63, 3.8) is 0 Å². The Bertz CT molecular complexity index is 278. The summed E-state index contributed by atoms with van der Waals surface area (Å²) < 4.78 is 9.45. The summed E-state index contributed by atoms with van der Waals surface area (Å²) in [7, 11) is 1.88. The molecule has 1 aromatic rings. The number of hydrogen-bond donors (Lipinski definition) is 1. The molecule has 0 aliphatic heterocycles. The van der Waals surface area contributed by atoms with Gasteiger partial charge in [0.25, 0.3) is 0 Å². The van der Waals surface area contributed by atoms with Gasteiger partial charge in [0.15, 0.2) is 0 Å². The predicted molar refractivity (Wildman–Crippen MR) is 67.9 cm³/mol. The third-order valence-corrected chi connectivity index (χ3v) is 3.20. The Labute approximate surface area is 102 Å². The van der Waals surface area contributed by atoms with Crippen LogP contribution in [0.4, 0.5) is 5.00 Å². The number of aromatic nitrogens is 2. The molecule has 92 valence electrons. The summed E-state index contributed by atoms with van der Waals surface area (Å²) in [5.41, 5.74) is 0.918. The van der Waals surface area contributed by atoms with E-state index in [4.69, 9.17) is 4.74 Å². The molecule has 1 rings (SSSR count). The van der Waals surface area contributed by atoms with Gasteiger partial charge >= 0.3 is 0 Å². The molecule has 1 N–H and O–H groups in total. The average Bonchev–Trinajstić information content (AvgIpc) is 2.75. The normalized spacial score (nSPS) is 10.6. The third kappa shape index (κ3) is 4.90. The number of nitrogens with zero attached hydrogens (tertiary/aromatic N) is 2. The van der Waals surface area contributed by atoms with Gasteiger partial charge in [0, 0.05) is 25.2 Å². The zero-order chi connectivity index (χ0) is 11.6. The van der Waals surface area contributed by atoms with Crippen LogP contribution in [0.15, 0.2) is 0 Å². The van der Waals surface area contributed by atoms with E-state index >= 15 is 0 Å². The highest BCUT2D eigenvalue weighted by Crippen LogP contribution is 2.17. The van der Waals surface area contributed by atoms with Crippen LogP contribution in [-0.2, 0) is 11.3 Å². The number of anilines is 1. The van der Waals surface area contributed by atoms with Gasteiger partial charge in [-0.15, -0.1) is 5.10 Å². The first-order valence-electron chi connectivity index (χ1n) is 5.95. The van der Waals surface area contributed by atoms with E-state index in [1.807, 2.05) is 7.05 Å². The molecule has 0 bridgehead atoms. The summed E-state index contributed by atoms with van der Waals surface area (Å²) >= 11 is 1.37. The minimum atomic E-state index is 0.570. The zero-order valence-corrected chi connectivity index (χ0v) is 11.0. The summed E-state index contributed by atoms with van der Waals surface area (Å²) in [5.74, 6) is 0. The maximum absolute atomic E-state index is 5.56. The van der Waals surface area contributed by atoms with E-state index in [1.165, 1.54) is 37.2 Å². The van der Waals surface area contributed by atoms with Crippen LogP contribution in [0, 0.1) is 0 Å². The van der Waals surface area contributed by atoms with Gasteiger partial charge in [0.1, 0.15) is 10.7 Å². The summed E-state index contributed by atoms with van der Waals surface area (Å²) in [6.45, 7) is 3.62. The van der Waals surface area contributed by atoms with E-state index in [9.17, 15) is 0 Å². The third-order valence-electron chi connectivity index (χ3n) is 2.41. The molecule has 0 fully saturated rings. The molecule has 5 heteroatoms. The van der Waals surface area contributed by atoms with Crippen LogP contribution in [0.1, 0.15) is 44.7 Å². The second-order valence-electron chi connectivity index (χ2n) is 3.77. The fourth-order valence-corrected chi connectivity index (χ4v) is 1.99. The van der Waals surface area contributed by atoms with Crippen molar-refractivity contribution in [3.05, 3.63) is 5.69 Å². The predicted octanol–water partition coefficient (Wildman–Crippen LogP) is 3.07. The molecule has 0 spiro atoms. The highest BCUT2D eigenvalue weighted by molar-refractivity contribution is 7.10. The number of hydrogen-bond acceptors (Lipinski definition) is 5. The standard InChI is InChI=1S/C11H21N3OS/c1-3-4-5-6-7-8-15-9-10-11(12-2)16-14-13-10/h12H,3-9H2,1-2H3. The van der Waals surface area contributed by atoms with Crippen LogP contribution in [0.2, 0.25) is 0 Å². The molecule has 0 aromatic carbocycles. The van der Waals surface area contributed by atoms with E-state index in [2.05, 4.69) is 21.8 Å². The Morgan fingerprint density at radius 1 is 1.25 bits per heavy atom. The van der Waals surface area contributed by atoms with Crippen LogP contribution in [0.5, 0.6) is 0 Å². The smallest absolute Gasteiger partial charge is 0.135 e. The van der Waals surface area contributed by atoms with Crippen molar-refractivity contribution in [2.24, 2.45) is 0 Å². The van der Waals surface area contributed by atoms with E-state index in [0.717, 1.165) is 23.7 Å². The van der Waals surface area contributed by atoms with Gasteiger partial charge in [-0.05, 0) is 6.42 Å². The lowest BCUT2D eigenvalue weighted by Crippen LogP contribution is -1.99. The van der Waals surface area contributed by atoms with Crippen LogP contribution in [0.25, 0.3) is 0 Å². The first kappa shape index (κ1) is 13.4. The topological polar surface area (TPSA) is 47.0 Å². The van der Waals surface area contributed by atoms with Crippen molar-refractivity contribution < 1.29 is 4.74 Å². The number of nitrogens with one attached hydrogen (secondary N) is 1. The van der Waals surface area contributed by atoms with Gasteiger partial charge in [-0.25, -0.2) is 0 Å². The first-order valence-corrected chi connectivity index (χ1v) is 6.72. The number of ether oxygens (including phenoxy) is 1. The van der Waals surface area contributed by atoms with Crippen molar-refractivity contribution in [1.82, 2.24) is 9.59 Å². The molecule has 0 aliphatic rings. The van der Waals surface area contributed by atoms with E-state index < -0.39 is 0 Å². The van der Waals surface area contributed by atoms with Crippen molar-refractivity contribution in [3.8, 4) is 0 Å². The molecule has 0 saturated carbocycles. The number of unbranched alkanes of at least 4 members (excludes halogenated alkanes) is 4. The maximum atomic E-state index is 5.56. The lowest BCUT2D eigenvalue weighted by molar-refractivity contribution is 0.114. The van der Waals surface area contributed by atoms with Crippen molar-refractivity contribution in [2.45, 2.75) is 45.6 Å². The highest BCUT2D eigenvalue weighted by atomic mass is 32.1. The Balaban J connectivity index is 2.03. The second-order valence-corrected chi connectivity index (χ2v) is 4.52. The van der Waals surface area contributed by atoms with Gasteiger partial charge in [-0.1, -0.05) is 37.1 Å². The quantitative estimate of drug-likeness (QED) is 0.677. The molecule has 0 saturated heterocycles. The SMILES string of the molecule is CCCCCCCOCc1nnsc1NC. The maximum Gasteiger partial charge on any atom is 0.135 e. The van der Waals surface area contributed by atoms with Gasteiger partial charge < -0.3 is 10.1 Å². The Morgan fingerprint density at radius 2 is 2.06 bits per heavy atom. The van der Waals surface area contributed by atoms with Crippen molar-refractivity contribution in [2.75, 3.05) is 19.0 Å². The van der Waals surface area contributed by atoms with Crippen LogP contribution in [0.3, 0.4) is 0 Å². The van der Waals surface area contributed by atoms with E-state index in [-0.39, 0.29) is 0 Å². The Hall–Kier alpha value is -0.680. The molecule has 0 atom stereocenters. The molecule has 0 radical (unpaired) electrons. The van der Waals surface area contributed by atoms with Gasteiger partial charge in [-0.2, -0.15) is 0 Å². The summed E-state index contributed by atoms with van der Waals surface area (Å²) in [6.07, 6.45) is 6.35. The van der Waals surface area contributed by atoms with E-state index in [1.54, 1.807) is 0 Å². The highest BCUT2D eigenvalue weighted by Gasteiger charge is 2.05. The molecule has 1 aromatic heterocycles. The van der Waals surface area contributed by atoms with E-state index in [0.29, 0.717) is 6.61 Å². The van der Waals surface area contributed by atoms with Crippen LogP contribution < -0.4 is 5.32 Å². The number of rotatable bonds is 9. The van der Waals surface area contributed by atoms with Gasteiger partial charge in [0.2, 0.25) is 0 Å². The molecular formula is C11H21N3OS. The molecule has 0 aliphatic carbocycles. The Kier molecular flexibility index (Phi) is 7.09. The summed E-state index contributed by atoms with van der Waals surface area (Å²) in [5, 5.41) is 8.08. The van der Waals surface area contributed by atoms with Crippen molar-refractivity contribution in [1.29, 1.82) is 0 Å². The lowest BCUT2D eigenvalue weighted by atomic mass is 10.2. The minimum absolute atomic E-state index is 0.570. The fraction of sp³-hybridized carbons (Fsp3) is 0.818. The zero-order valence-electron chi connectivity index (χ0n) is 10.2. The van der Waals surface area contributed by atoms with Gasteiger partial charge in [-0.3, -0.25) is 0 Å². The van der Waals surface area contributed by atoms with Gasteiger partial charge in [0.05, 0.1) is 6.61 Å². The Morgan fingerprint density at radius 3 is 2.81 bits per heavy atom. The second kappa shape index (κ2) is 8.47. The minimum Gasteiger partial charge on any atom is -0.377 e. The molecule has 0 unspecified atom stereocenters. The monoisotopic (exact) mass is 243 g/mol. The largest absolute Gasteiger partial charge is 0.377 e. The van der Waals surface area contributed by atoms with Crippen LogP contribution in [-0.4, -0.2) is 23.2 Å². The lowest BCUT2D eigenvalue weighted by Gasteiger charge is -2.03. The molecule has 4 nitrogen and oxygen atoms in total. The fourth-order valence-electron chi connectivity index (χ4n) is 1.47. The summed E-state index contributed by atoms with van der Waals surface area (Å²) in [6, 6.07) is 0.